The molecule has 2 aromatic heterocycles. The van der Waals surface area contributed by atoms with Gasteiger partial charge >= 0.3 is 5.91 Å². The second kappa shape index (κ2) is 11.2. The van der Waals surface area contributed by atoms with Crippen molar-refractivity contribution in [1.82, 2.24) is 19.2 Å². The molecule has 2 N–H and O–H groups in total. The number of hydrogen-bond donors (Lipinski definition) is 2. The molecule has 9 nitrogen and oxygen atoms in total. The van der Waals surface area contributed by atoms with Crippen LogP contribution in [0, 0.1) is 6.92 Å². The number of aryl methyl sites for hydroxylation is 1. The molecule has 2 aromatic carbocycles. The number of halogens is 1. The van der Waals surface area contributed by atoms with E-state index in [0.29, 0.717) is 39.3 Å². The number of carbonyl (C=O) groups is 1. The lowest BCUT2D eigenvalue weighted by Crippen LogP contribution is -2.57. The minimum atomic E-state index is -3.73. The molecule has 12 heteroatoms. The van der Waals surface area contributed by atoms with Gasteiger partial charge in [0, 0.05) is 24.8 Å². The van der Waals surface area contributed by atoms with Gasteiger partial charge in [-0.2, -0.15) is 5.10 Å². The van der Waals surface area contributed by atoms with Gasteiger partial charge in [-0.1, -0.05) is 23.7 Å². The maximum Gasteiger partial charge on any atom is 0.320 e. The van der Waals surface area contributed by atoms with E-state index < -0.39 is 15.9 Å². The first-order chi connectivity index (χ1) is 19.1. The summed E-state index contributed by atoms with van der Waals surface area (Å²) in [5.74, 6) is -0.476. The molecule has 1 aliphatic rings. The number of H-pyrrole nitrogens is 1. The highest BCUT2D eigenvalue weighted by atomic mass is 35.5. The molecule has 0 spiro atoms. The highest BCUT2D eigenvalue weighted by molar-refractivity contribution is 7.91. The van der Waals surface area contributed by atoms with Crippen molar-refractivity contribution in [2.45, 2.75) is 43.6 Å². The van der Waals surface area contributed by atoms with E-state index in [0.717, 1.165) is 35.7 Å². The molecule has 0 saturated carbocycles. The fourth-order valence-corrected chi connectivity index (χ4v) is 8.29. The first kappa shape index (κ1) is 28.7. The largest absolute Gasteiger partial charge is 0.380 e. The van der Waals surface area contributed by atoms with E-state index in [4.69, 9.17) is 11.6 Å². The van der Waals surface area contributed by atoms with Crippen molar-refractivity contribution < 1.29 is 18.3 Å². The van der Waals surface area contributed by atoms with Gasteiger partial charge in [-0.05, 0) is 78.6 Å². The second-order valence-electron chi connectivity index (χ2n) is 10.3. The van der Waals surface area contributed by atoms with E-state index in [1.54, 1.807) is 49.5 Å². The van der Waals surface area contributed by atoms with E-state index in [9.17, 15) is 18.3 Å². The molecule has 40 heavy (non-hydrogen) atoms. The molecule has 4 aromatic rings. The predicted molar refractivity (Wildman–Crippen MR) is 158 cm³/mol. The number of rotatable bonds is 7. The molecule has 0 radical (unpaired) electrons. The Balaban J connectivity index is 1.50. The first-order valence-electron chi connectivity index (χ1n) is 13.2. The minimum absolute atomic E-state index is 0.00440. The Morgan fingerprint density at radius 2 is 1.88 bits per heavy atom. The Bertz CT molecular complexity index is 1750. The zero-order chi connectivity index (χ0) is 28.7. The summed E-state index contributed by atoms with van der Waals surface area (Å²) in [5.41, 5.74) is 1.83. The van der Waals surface area contributed by atoms with Gasteiger partial charge in [0.05, 0.1) is 35.9 Å². The van der Waals surface area contributed by atoms with Crippen LogP contribution < -0.4 is 9.28 Å². The maximum absolute atomic E-state index is 14.1. The Hall–Kier alpha value is -2.83. The number of fused-ring (bicyclic) bond motifs is 1. The number of hydrogen-bond acceptors (Lipinski definition) is 7. The first-order valence-corrected chi connectivity index (χ1v) is 16.1. The van der Waals surface area contributed by atoms with Crippen molar-refractivity contribution in [2.24, 2.45) is 12.0 Å². The van der Waals surface area contributed by atoms with Gasteiger partial charge in [0.15, 0.2) is 14.6 Å². The number of nitrogens with one attached hydrogen (secondary N) is 1. The lowest BCUT2D eigenvalue weighted by Gasteiger charge is -2.38. The number of aliphatic hydroxyl groups is 1. The molecule has 5 rings (SSSR count). The lowest BCUT2D eigenvalue weighted by atomic mass is 10.0. The number of carbonyl (C=O) groups excluding carboxylic acids is 1. The number of nitrogens with zero attached hydrogens (tertiary/aromatic N) is 4. The molecule has 1 aliphatic heterocycles. The van der Waals surface area contributed by atoms with Crippen molar-refractivity contribution in [3.05, 3.63) is 69.4 Å². The van der Waals surface area contributed by atoms with Crippen LogP contribution in [0.1, 0.15) is 48.9 Å². The summed E-state index contributed by atoms with van der Waals surface area (Å²) in [6.07, 6.45) is 1.42. The van der Waals surface area contributed by atoms with Crippen molar-refractivity contribution in [1.29, 1.82) is 0 Å². The number of likely N-dealkylation sites (tertiary alicyclic amines) is 1. The SMILES string of the molecule is CN=c1sc([N+]2(C(=O)CCS(=O)(=O)c3ccc4cc(Cl)ccc4c3)CCCCC2)c(C(O)c2cc(C)[nH]n2)n1C. The standard InChI is InChI=1S/C28H33ClN5O4S2/c1-18-15-23(32-31-18)26(36)25-27(39-28(30-2)33(25)3)34(12-5-4-6-13-34)24(35)11-14-40(37,38)22-10-8-19-16-21(29)9-7-20(19)17-22/h7-10,15-17,26,36H,4-6,11-14H2,1-3H3,(H,31,32)/q+1. The molecule has 1 unspecified atom stereocenters. The molecule has 212 valence electrons. The number of sulfone groups is 1. The predicted octanol–water partition coefficient (Wildman–Crippen LogP) is 4.42. The van der Waals surface area contributed by atoms with Crippen LogP contribution in [0.25, 0.3) is 10.8 Å². The van der Waals surface area contributed by atoms with Gasteiger partial charge in [-0.25, -0.2) is 17.7 Å². The molecule has 1 fully saturated rings. The summed E-state index contributed by atoms with van der Waals surface area (Å²) in [6, 6.07) is 12.0. The smallest absolute Gasteiger partial charge is 0.320 e. The van der Waals surface area contributed by atoms with Crippen molar-refractivity contribution in [3.8, 4) is 0 Å². The normalized spacial score (nSPS) is 16.9. The third kappa shape index (κ3) is 5.28. The van der Waals surface area contributed by atoms with Crippen LogP contribution in [0.15, 0.2) is 52.4 Å². The van der Waals surface area contributed by atoms with Crippen LogP contribution in [0.3, 0.4) is 0 Å². The lowest BCUT2D eigenvalue weighted by molar-refractivity contribution is -0.130. The zero-order valence-electron chi connectivity index (χ0n) is 22.7. The fourth-order valence-electron chi connectivity index (χ4n) is 5.54. The molecule has 1 saturated heterocycles. The van der Waals surface area contributed by atoms with Gasteiger partial charge in [-0.3, -0.25) is 10.1 Å². The average Bonchev–Trinajstić information content (AvgIpc) is 3.54. The highest BCUT2D eigenvalue weighted by Gasteiger charge is 2.46. The summed E-state index contributed by atoms with van der Waals surface area (Å²) >= 11 is 7.44. The van der Waals surface area contributed by atoms with Crippen LogP contribution in [0.4, 0.5) is 5.00 Å². The van der Waals surface area contributed by atoms with Gasteiger partial charge < -0.3 is 9.67 Å². The van der Waals surface area contributed by atoms with Gasteiger partial charge in [0.2, 0.25) is 5.00 Å². The van der Waals surface area contributed by atoms with E-state index in [1.165, 1.54) is 11.3 Å². The summed E-state index contributed by atoms with van der Waals surface area (Å²) in [7, 11) is -0.227. The summed E-state index contributed by atoms with van der Waals surface area (Å²) in [5, 5.41) is 21.5. The molecule has 1 amide bonds. The van der Waals surface area contributed by atoms with Crippen LogP contribution in [-0.4, -0.2) is 60.1 Å². The molecular weight excluding hydrogens is 570 g/mol. The minimum Gasteiger partial charge on any atom is -0.380 e. The number of aromatic amines is 1. The number of benzene rings is 2. The Labute approximate surface area is 242 Å². The average molecular weight is 603 g/mol. The number of aromatic nitrogens is 3. The quantitative estimate of drug-likeness (QED) is 0.304. The molecule has 1 atom stereocenters. The van der Waals surface area contributed by atoms with Crippen molar-refractivity contribution in [3.63, 3.8) is 0 Å². The van der Waals surface area contributed by atoms with Gasteiger partial charge in [0.25, 0.3) is 0 Å². The highest BCUT2D eigenvalue weighted by Crippen LogP contribution is 2.40. The van der Waals surface area contributed by atoms with Gasteiger partial charge in [0.1, 0.15) is 11.8 Å². The van der Waals surface area contributed by atoms with E-state index in [-0.39, 0.29) is 27.5 Å². The van der Waals surface area contributed by atoms with Crippen LogP contribution in [0.2, 0.25) is 5.02 Å². The number of quaternary nitrogens is 1. The second-order valence-corrected chi connectivity index (χ2v) is 13.8. The number of amides is 1. The molecule has 3 heterocycles. The maximum atomic E-state index is 14.1. The van der Waals surface area contributed by atoms with Gasteiger partial charge in [-0.15, -0.1) is 0 Å². The van der Waals surface area contributed by atoms with E-state index >= 15 is 0 Å². The third-order valence-corrected chi connectivity index (χ3v) is 11.0. The number of piperidine rings is 1. The molecular formula is C28H33ClN5O4S2+. The summed E-state index contributed by atoms with van der Waals surface area (Å²) in [4.78, 5) is 19.4. The van der Waals surface area contributed by atoms with Crippen LogP contribution in [-0.2, 0) is 21.7 Å². The van der Waals surface area contributed by atoms with E-state index in [1.807, 2.05) is 18.5 Å². The monoisotopic (exact) mass is 602 g/mol. The topological polar surface area (TPSA) is 117 Å². The van der Waals surface area contributed by atoms with E-state index in [2.05, 4.69) is 15.2 Å². The Morgan fingerprint density at radius 1 is 1.18 bits per heavy atom. The van der Waals surface area contributed by atoms with Crippen LogP contribution in [0.5, 0.6) is 0 Å². The Morgan fingerprint density at radius 3 is 2.55 bits per heavy atom. The summed E-state index contributed by atoms with van der Waals surface area (Å²) in [6.45, 7) is 2.94. The molecule has 0 bridgehead atoms. The number of aliphatic hydroxyl groups excluding tert-OH is 1. The summed E-state index contributed by atoms with van der Waals surface area (Å²) < 4.78 is 28.6. The van der Waals surface area contributed by atoms with Crippen molar-refractivity contribution in [2.75, 3.05) is 25.9 Å². The zero-order valence-corrected chi connectivity index (χ0v) is 25.1. The number of thiazole rings is 1. The fraction of sp³-hybridized carbons (Fsp3) is 0.393. The van der Waals surface area contributed by atoms with Crippen LogP contribution >= 0.6 is 22.9 Å². The molecule has 0 aliphatic carbocycles. The Kier molecular flexibility index (Phi) is 8.04. The van der Waals surface area contributed by atoms with Crippen molar-refractivity contribution >= 4 is 54.5 Å². The third-order valence-electron chi connectivity index (χ3n) is 7.67.